The standard InChI is InChI=1S/C24H27NO7/c1-24(2,3)32-23(29)25-19(22(27)28)15-16-9-12-18(13-10-16)31-20-8-6-5-7-17(20)11-14-21(26)30-4/h5-14,19H,15H2,1-4H3,(H,25,29)(H,27,28)/t19-/m0/s1. The summed E-state index contributed by atoms with van der Waals surface area (Å²) in [6, 6.07) is 12.9. The molecule has 1 atom stereocenters. The van der Waals surface area contributed by atoms with Crippen molar-refractivity contribution in [2.75, 3.05) is 7.11 Å². The fourth-order valence-electron chi connectivity index (χ4n) is 2.64. The van der Waals surface area contributed by atoms with Crippen LogP contribution in [0.5, 0.6) is 11.5 Å². The van der Waals surface area contributed by atoms with Crippen LogP contribution in [0.15, 0.2) is 54.6 Å². The lowest BCUT2D eigenvalue weighted by Gasteiger charge is -2.22. The van der Waals surface area contributed by atoms with E-state index in [0.29, 0.717) is 22.6 Å². The lowest BCUT2D eigenvalue weighted by atomic mass is 10.1. The second-order valence-electron chi connectivity index (χ2n) is 7.88. The van der Waals surface area contributed by atoms with E-state index in [1.807, 2.05) is 6.07 Å². The van der Waals surface area contributed by atoms with Gasteiger partial charge in [0.2, 0.25) is 0 Å². The number of alkyl carbamates (subject to hydrolysis) is 1. The Labute approximate surface area is 186 Å². The molecule has 0 spiro atoms. The van der Waals surface area contributed by atoms with E-state index >= 15 is 0 Å². The summed E-state index contributed by atoms with van der Waals surface area (Å²) in [7, 11) is 1.30. The van der Waals surface area contributed by atoms with Crippen molar-refractivity contribution in [2.45, 2.75) is 38.8 Å². The van der Waals surface area contributed by atoms with Crippen LogP contribution in [0.1, 0.15) is 31.9 Å². The third kappa shape index (κ3) is 8.14. The minimum Gasteiger partial charge on any atom is -0.480 e. The molecule has 8 nitrogen and oxygen atoms in total. The van der Waals surface area contributed by atoms with Crippen molar-refractivity contribution in [3.8, 4) is 11.5 Å². The Morgan fingerprint density at radius 3 is 2.31 bits per heavy atom. The fourth-order valence-corrected chi connectivity index (χ4v) is 2.64. The summed E-state index contributed by atoms with van der Waals surface area (Å²) in [4.78, 5) is 34.8. The zero-order valence-corrected chi connectivity index (χ0v) is 18.5. The highest BCUT2D eigenvalue weighted by molar-refractivity contribution is 5.87. The maximum atomic E-state index is 11.9. The van der Waals surface area contributed by atoms with Crippen molar-refractivity contribution >= 4 is 24.1 Å². The zero-order valence-electron chi connectivity index (χ0n) is 18.5. The Kier molecular flexibility index (Phi) is 8.40. The fraction of sp³-hybridized carbons (Fsp3) is 0.292. The molecule has 32 heavy (non-hydrogen) atoms. The number of ether oxygens (including phenoxy) is 3. The topological polar surface area (TPSA) is 111 Å². The quantitative estimate of drug-likeness (QED) is 0.467. The number of benzene rings is 2. The van der Waals surface area contributed by atoms with Gasteiger partial charge in [-0.25, -0.2) is 14.4 Å². The van der Waals surface area contributed by atoms with Gasteiger partial charge in [-0.05, 0) is 50.6 Å². The van der Waals surface area contributed by atoms with E-state index in [9.17, 15) is 19.5 Å². The van der Waals surface area contributed by atoms with Crippen LogP contribution in [0.25, 0.3) is 6.08 Å². The number of esters is 1. The molecule has 0 bridgehead atoms. The molecule has 0 aliphatic rings. The van der Waals surface area contributed by atoms with Crippen LogP contribution in [-0.4, -0.2) is 41.9 Å². The van der Waals surface area contributed by atoms with Gasteiger partial charge >= 0.3 is 18.0 Å². The Hall–Kier alpha value is -3.81. The average molecular weight is 441 g/mol. The third-order valence-electron chi connectivity index (χ3n) is 4.10. The Morgan fingerprint density at radius 1 is 1.06 bits per heavy atom. The molecule has 0 aliphatic carbocycles. The highest BCUT2D eigenvalue weighted by atomic mass is 16.6. The van der Waals surface area contributed by atoms with Crippen LogP contribution in [-0.2, 0) is 25.5 Å². The van der Waals surface area contributed by atoms with E-state index in [2.05, 4.69) is 10.1 Å². The van der Waals surface area contributed by atoms with Gasteiger partial charge in [0.15, 0.2) is 0 Å². The van der Waals surface area contributed by atoms with E-state index < -0.39 is 29.7 Å². The van der Waals surface area contributed by atoms with E-state index in [-0.39, 0.29) is 6.42 Å². The minimum absolute atomic E-state index is 0.0767. The molecule has 2 rings (SSSR count). The zero-order chi connectivity index (χ0) is 23.7. The number of hydrogen-bond donors (Lipinski definition) is 2. The molecule has 0 saturated carbocycles. The number of rotatable bonds is 8. The molecule has 0 aromatic heterocycles. The van der Waals surface area contributed by atoms with Crippen molar-refractivity contribution < 1.29 is 33.7 Å². The number of carboxylic acid groups (broad SMARTS) is 1. The van der Waals surface area contributed by atoms with Crippen molar-refractivity contribution in [3.63, 3.8) is 0 Å². The molecule has 0 fully saturated rings. The van der Waals surface area contributed by atoms with E-state index in [4.69, 9.17) is 9.47 Å². The first-order valence-corrected chi connectivity index (χ1v) is 9.91. The normalized spacial score (nSPS) is 12.1. The molecule has 0 aliphatic heterocycles. The molecule has 2 aromatic rings. The van der Waals surface area contributed by atoms with Crippen LogP contribution in [0, 0.1) is 0 Å². The summed E-state index contributed by atoms with van der Waals surface area (Å²) in [5.74, 6) is -0.574. The highest BCUT2D eigenvalue weighted by Crippen LogP contribution is 2.26. The Bertz CT molecular complexity index is 975. The molecule has 0 saturated heterocycles. The van der Waals surface area contributed by atoms with Crippen LogP contribution in [0.3, 0.4) is 0 Å². The Balaban J connectivity index is 2.07. The molecule has 0 unspecified atom stereocenters. The number of aliphatic carboxylic acids is 1. The van der Waals surface area contributed by atoms with Gasteiger partial charge in [0.1, 0.15) is 23.1 Å². The average Bonchev–Trinajstić information content (AvgIpc) is 2.72. The highest BCUT2D eigenvalue weighted by Gasteiger charge is 2.24. The second kappa shape index (κ2) is 11.0. The maximum Gasteiger partial charge on any atom is 0.408 e. The largest absolute Gasteiger partial charge is 0.480 e. The van der Waals surface area contributed by atoms with Gasteiger partial charge in [-0.15, -0.1) is 0 Å². The van der Waals surface area contributed by atoms with Gasteiger partial charge in [-0.3, -0.25) is 0 Å². The SMILES string of the molecule is COC(=O)C=Cc1ccccc1Oc1ccc(C[C@H](NC(=O)OC(C)(C)C)C(=O)O)cc1. The summed E-state index contributed by atoms with van der Waals surface area (Å²) >= 11 is 0. The minimum atomic E-state index is -1.16. The van der Waals surface area contributed by atoms with E-state index in [1.54, 1.807) is 69.3 Å². The molecular formula is C24H27NO7. The lowest BCUT2D eigenvalue weighted by molar-refractivity contribution is -0.139. The van der Waals surface area contributed by atoms with E-state index in [0.717, 1.165) is 0 Å². The summed E-state index contributed by atoms with van der Waals surface area (Å²) in [5.41, 5.74) is 0.656. The summed E-state index contributed by atoms with van der Waals surface area (Å²) in [6.45, 7) is 5.10. The maximum absolute atomic E-state index is 11.9. The Morgan fingerprint density at radius 2 is 1.72 bits per heavy atom. The summed E-state index contributed by atoms with van der Waals surface area (Å²) < 4.78 is 15.6. The van der Waals surface area contributed by atoms with Crippen LogP contribution in [0.2, 0.25) is 0 Å². The van der Waals surface area contributed by atoms with Crippen molar-refractivity contribution in [1.82, 2.24) is 5.32 Å². The molecule has 2 aromatic carbocycles. The predicted octanol–water partition coefficient (Wildman–Crippen LogP) is 4.19. The van der Waals surface area contributed by atoms with Gasteiger partial charge in [0, 0.05) is 18.1 Å². The van der Waals surface area contributed by atoms with Crippen LogP contribution >= 0.6 is 0 Å². The predicted molar refractivity (Wildman–Crippen MR) is 119 cm³/mol. The van der Waals surface area contributed by atoms with Gasteiger partial charge in [0.25, 0.3) is 0 Å². The molecule has 170 valence electrons. The number of hydrogen-bond acceptors (Lipinski definition) is 6. The molecule has 0 radical (unpaired) electrons. The van der Waals surface area contributed by atoms with Crippen LogP contribution in [0.4, 0.5) is 4.79 Å². The molecule has 1 amide bonds. The van der Waals surface area contributed by atoms with Crippen molar-refractivity contribution in [1.29, 1.82) is 0 Å². The van der Waals surface area contributed by atoms with Gasteiger partial charge in [0.05, 0.1) is 7.11 Å². The van der Waals surface area contributed by atoms with Crippen molar-refractivity contribution in [3.05, 3.63) is 65.7 Å². The number of amides is 1. The number of carbonyl (C=O) groups is 3. The van der Waals surface area contributed by atoms with Gasteiger partial charge in [-0.1, -0.05) is 30.3 Å². The number of nitrogens with one attached hydrogen (secondary N) is 1. The molecular weight excluding hydrogens is 414 g/mol. The van der Waals surface area contributed by atoms with Gasteiger partial charge < -0.3 is 24.6 Å². The van der Waals surface area contributed by atoms with Gasteiger partial charge in [-0.2, -0.15) is 0 Å². The third-order valence-corrected chi connectivity index (χ3v) is 4.10. The number of carboxylic acids is 1. The summed E-state index contributed by atoms with van der Waals surface area (Å²) in [5, 5.41) is 11.8. The first kappa shape index (κ1) is 24.5. The number of methoxy groups -OCH3 is 1. The summed E-state index contributed by atoms with van der Waals surface area (Å²) in [6.07, 6.45) is 2.18. The lowest BCUT2D eigenvalue weighted by Crippen LogP contribution is -2.44. The van der Waals surface area contributed by atoms with Crippen molar-refractivity contribution in [2.24, 2.45) is 0 Å². The van der Waals surface area contributed by atoms with E-state index in [1.165, 1.54) is 13.2 Å². The molecule has 2 N–H and O–H groups in total. The number of para-hydroxylation sites is 1. The molecule has 0 heterocycles. The molecule has 8 heteroatoms. The monoisotopic (exact) mass is 441 g/mol. The first-order chi connectivity index (χ1) is 15.1. The van der Waals surface area contributed by atoms with Crippen LogP contribution < -0.4 is 10.1 Å². The first-order valence-electron chi connectivity index (χ1n) is 9.91. The second-order valence-corrected chi connectivity index (χ2v) is 7.88. The number of carbonyl (C=O) groups excluding carboxylic acids is 2. The smallest absolute Gasteiger partial charge is 0.408 e.